The summed E-state index contributed by atoms with van der Waals surface area (Å²) in [6, 6.07) is 8.68. The van der Waals surface area contributed by atoms with Gasteiger partial charge in [-0.2, -0.15) is 0 Å². The van der Waals surface area contributed by atoms with Crippen molar-refractivity contribution in [3.05, 3.63) is 29.8 Å². The Labute approximate surface area is 202 Å². The van der Waals surface area contributed by atoms with E-state index in [1.54, 1.807) is 0 Å². The maximum atomic E-state index is 6.81. The third-order valence-corrected chi connectivity index (χ3v) is 19.8. The summed E-state index contributed by atoms with van der Waals surface area (Å²) in [4.78, 5) is 0. The van der Waals surface area contributed by atoms with Crippen LogP contribution in [0, 0.1) is 0 Å². The second-order valence-corrected chi connectivity index (χ2v) is 22.5. The molecule has 1 aromatic rings. The van der Waals surface area contributed by atoms with Crippen molar-refractivity contribution in [2.24, 2.45) is 5.73 Å². The molecule has 0 aliphatic carbocycles. The molecule has 0 unspecified atom stereocenters. The molecule has 3 nitrogen and oxygen atoms in total. The predicted octanol–water partition coefficient (Wildman–Crippen LogP) is 8.30. The summed E-state index contributed by atoms with van der Waals surface area (Å²) in [6.07, 6.45) is 0.833. The minimum atomic E-state index is -1.92. The van der Waals surface area contributed by atoms with Crippen LogP contribution in [-0.2, 0) is 10.8 Å². The van der Waals surface area contributed by atoms with Gasteiger partial charge in [0.15, 0.2) is 8.32 Å². The number of benzene rings is 1. The molecule has 0 amide bonds. The highest BCUT2D eigenvalue weighted by Crippen LogP contribution is 2.43. The largest absolute Gasteiger partial charge is 0.543 e. The standard InChI is InChI=1S/C27H53NO2Si2/c1-19(2)31(20(3)4,21(5)6)29-18-26(28)17-25-13-15-27(16-14-25)30-32(22(7)8,23(9)10)24(11)12/h13-16,19-24,26H,17-18,28H2,1-12H3/t26-/m0/s1. The Hall–Kier alpha value is -0.626. The van der Waals surface area contributed by atoms with Crippen molar-refractivity contribution in [1.82, 2.24) is 0 Å². The van der Waals surface area contributed by atoms with E-state index in [2.05, 4.69) is 107 Å². The molecule has 0 aliphatic rings. The summed E-state index contributed by atoms with van der Waals surface area (Å²) >= 11 is 0. The van der Waals surface area contributed by atoms with Crippen LogP contribution in [0.5, 0.6) is 5.75 Å². The SMILES string of the molecule is CC(C)[Si](OC[C@@H](N)Cc1ccc(O[Si](C(C)C)(C(C)C)C(C)C)cc1)(C(C)C)C(C)C. The lowest BCUT2D eigenvalue weighted by atomic mass is 10.1. The highest BCUT2D eigenvalue weighted by Gasteiger charge is 2.47. The van der Waals surface area contributed by atoms with Crippen LogP contribution < -0.4 is 10.2 Å². The summed E-state index contributed by atoms with van der Waals surface area (Å²) < 4.78 is 13.5. The molecule has 2 N–H and O–H groups in total. The summed E-state index contributed by atoms with van der Waals surface area (Å²) in [5.74, 6) is 1.01. The van der Waals surface area contributed by atoms with Gasteiger partial charge in [-0.15, -0.1) is 0 Å². The molecule has 1 atom stereocenters. The second kappa shape index (κ2) is 12.2. The van der Waals surface area contributed by atoms with Crippen LogP contribution in [0.1, 0.15) is 88.6 Å². The molecule has 0 radical (unpaired) electrons. The van der Waals surface area contributed by atoms with Gasteiger partial charge in [-0.1, -0.05) is 95.2 Å². The number of hydrogen-bond acceptors (Lipinski definition) is 3. The first-order valence-corrected chi connectivity index (χ1v) is 17.2. The number of hydrogen-bond donors (Lipinski definition) is 1. The molecule has 0 heterocycles. The van der Waals surface area contributed by atoms with Gasteiger partial charge in [-0.05, 0) is 57.4 Å². The lowest BCUT2D eigenvalue weighted by Crippen LogP contribution is -2.50. The molecule has 1 rings (SSSR count). The fraction of sp³-hybridized carbons (Fsp3) is 0.778. The summed E-state index contributed by atoms with van der Waals surface area (Å²) in [5.41, 5.74) is 11.3. The van der Waals surface area contributed by atoms with Crippen molar-refractivity contribution in [2.45, 2.75) is 129 Å². The Morgan fingerprint density at radius 3 is 1.34 bits per heavy atom. The summed E-state index contributed by atoms with van der Waals surface area (Å²) in [5, 5.41) is 0. The zero-order valence-electron chi connectivity index (χ0n) is 23.2. The van der Waals surface area contributed by atoms with E-state index in [0.717, 1.165) is 12.2 Å². The average molecular weight is 480 g/mol. The number of rotatable bonds is 13. The first kappa shape index (κ1) is 29.4. The van der Waals surface area contributed by atoms with Gasteiger partial charge in [0.2, 0.25) is 0 Å². The Bertz CT molecular complexity index is 625. The molecule has 186 valence electrons. The molecule has 0 saturated carbocycles. The Kier molecular flexibility index (Phi) is 11.2. The van der Waals surface area contributed by atoms with Crippen LogP contribution in [-0.4, -0.2) is 29.3 Å². The molecule has 0 bridgehead atoms. The van der Waals surface area contributed by atoms with Gasteiger partial charge in [0.1, 0.15) is 5.75 Å². The molecule has 5 heteroatoms. The van der Waals surface area contributed by atoms with Gasteiger partial charge in [0.25, 0.3) is 8.32 Å². The highest BCUT2D eigenvalue weighted by molar-refractivity contribution is 6.78. The molecule has 0 saturated heterocycles. The Balaban J connectivity index is 2.88. The van der Waals surface area contributed by atoms with Gasteiger partial charge < -0.3 is 14.6 Å². The maximum absolute atomic E-state index is 6.81. The third kappa shape index (κ3) is 6.49. The molecular formula is C27H53NO2Si2. The van der Waals surface area contributed by atoms with Crippen LogP contribution in [0.25, 0.3) is 0 Å². The summed E-state index contributed by atoms with van der Waals surface area (Å²) in [7, 11) is -3.80. The van der Waals surface area contributed by atoms with E-state index < -0.39 is 16.6 Å². The fourth-order valence-corrected chi connectivity index (χ4v) is 17.1. The lowest BCUT2D eigenvalue weighted by molar-refractivity contribution is 0.253. The average Bonchev–Trinajstić information content (AvgIpc) is 2.66. The van der Waals surface area contributed by atoms with Gasteiger partial charge in [-0.3, -0.25) is 0 Å². The zero-order chi connectivity index (χ0) is 24.9. The van der Waals surface area contributed by atoms with Crippen LogP contribution in [0.2, 0.25) is 33.2 Å². The number of nitrogens with two attached hydrogens (primary N) is 1. The van der Waals surface area contributed by atoms with E-state index in [-0.39, 0.29) is 6.04 Å². The van der Waals surface area contributed by atoms with E-state index in [0.29, 0.717) is 39.9 Å². The Morgan fingerprint density at radius 2 is 1.00 bits per heavy atom. The van der Waals surface area contributed by atoms with Crippen LogP contribution >= 0.6 is 0 Å². The van der Waals surface area contributed by atoms with Crippen molar-refractivity contribution < 1.29 is 8.85 Å². The van der Waals surface area contributed by atoms with E-state index in [1.807, 2.05) is 0 Å². The van der Waals surface area contributed by atoms with Crippen molar-refractivity contribution in [2.75, 3.05) is 6.61 Å². The van der Waals surface area contributed by atoms with Crippen LogP contribution in [0.4, 0.5) is 0 Å². The normalized spacial score (nSPS) is 14.5. The molecular weight excluding hydrogens is 426 g/mol. The van der Waals surface area contributed by atoms with Gasteiger partial charge in [-0.25, -0.2) is 0 Å². The molecule has 0 spiro atoms. The Morgan fingerprint density at radius 1 is 0.625 bits per heavy atom. The van der Waals surface area contributed by atoms with Gasteiger partial charge >= 0.3 is 0 Å². The first-order chi connectivity index (χ1) is 14.7. The first-order valence-electron chi connectivity index (χ1n) is 12.9. The quantitative estimate of drug-likeness (QED) is 0.289. The van der Waals surface area contributed by atoms with Gasteiger partial charge in [0, 0.05) is 12.6 Å². The highest BCUT2D eigenvalue weighted by atomic mass is 28.4. The molecule has 1 aromatic carbocycles. The zero-order valence-corrected chi connectivity index (χ0v) is 25.2. The predicted molar refractivity (Wildman–Crippen MR) is 147 cm³/mol. The van der Waals surface area contributed by atoms with Crippen molar-refractivity contribution in [1.29, 1.82) is 0 Å². The third-order valence-electron chi connectivity index (χ3n) is 7.68. The minimum absolute atomic E-state index is 0.0142. The van der Waals surface area contributed by atoms with Crippen molar-refractivity contribution in [3.8, 4) is 5.75 Å². The van der Waals surface area contributed by atoms with E-state index in [1.165, 1.54) is 5.56 Å². The topological polar surface area (TPSA) is 44.5 Å². The second-order valence-electron chi connectivity index (χ2n) is 11.7. The maximum Gasteiger partial charge on any atom is 0.258 e. The molecule has 0 aromatic heterocycles. The minimum Gasteiger partial charge on any atom is -0.543 e. The molecule has 32 heavy (non-hydrogen) atoms. The van der Waals surface area contributed by atoms with Gasteiger partial charge in [0.05, 0.1) is 0 Å². The van der Waals surface area contributed by atoms with E-state index in [9.17, 15) is 0 Å². The lowest BCUT2D eigenvalue weighted by Gasteiger charge is -2.42. The molecule has 0 aliphatic heterocycles. The monoisotopic (exact) mass is 479 g/mol. The van der Waals surface area contributed by atoms with Crippen LogP contribution in [0.3, 0.4) is 0 Å². The fourth-order valence-electron chi connectivity index (χ4n) is 6.36. The smallest absolute Gasteiger partial charge is 0.258 e. The van der Waals surface area contributed by atoms with Crippen molar-refractivity contribution >= 4 is 16.6 Å². The van der Waals surface area contributed by atoms with Crippen LogP contribution in [0.15, 0.2) is 24.3 Å². The molecule has 0 fully saturated rings. The van der Waals surface area contributed by atoms with Crippen molar-refractivity contribution in [3.63, 3.8) is 0 Å². The van der Waals surface area contributed by atoms with E-state index in [4.69, 9.17) is 14.6 Å². The summed E-state index contributed by atoms with van der Waals surface area (Å²) in [6.45, 7) is 28.6. The van der Waals surface area contributed by atoms with E-state index >= 15 is 0 Å².